The fourth-order valence-electron chi connectivity index (χ4n) is 3.60. The van der Waals surface area contributed by atoms with Gasteiger partial charge in [0.2, 0.25) is 11.8 Å². The average molecular weight is 266 g/mol. The minimum Gasteiger partial charge on any atom is -0.633 e. The predicted molar refractivity (Wildman–Crippen MR) is 69.6 cm³/mol. The van der Waals surface area contributed by atoms with Crippen LogP contribution >= 0.6 is 0 Å². The summed E-state index contributed by atoms with van der Waals surface area (Å²) in [6.07, 6.45) is 3.88. The van der Waals surface area contributed by atoms with Gasteiger partial charge in [-0.2, -0.15) is 0 Å². The molecule has 0 aromatic heterocycles. The maximum atomic E-state index is 12.6. The van der Waals surface area contributed by atoms with Crippen molar-refractivity contribution < 1.29 is 14.2 Å². The summed E-state index contributed by atoms with van der Waals surface area (Å²) in [5.74, 6) is 0.526. The molecule has 0 radical (unpaired) electrons. The number of rotatable bonds is 3. The fourth-order valence-corrected chi connectivity index (χ4v) is 3.60. The van der Waals surface area contributed by atoms with Crippen LogP contribution in [0.25, 0.3) is 0 Å². The van der Waals surface area contributed by atoms with Gasteiger partial charge in [0.1, 0.15) is 0 Å². The summed E-state index contributed by atoms with van der Waals surface area (Å²) in [5, 5.41) is 12.6. The van der Waals surface area contributed by atoms with Crippen molar-refractivity contribution in [2.75, 3.05) is 26.2 Å². The molecular weight excluding hydrogens is 244 g/mol. The normalized spacial score (nSPS) is 39.4. The predicted octanol–water partition coefficient (Wildman–Crippen LogP) is 1.27. The van der Waals surface area contributed by atoms with Crippen molar-refractivity contribution in [3.05, 3.63) is 5.21 Å². The van der Waals surface area contributed by atoms with E-state index in [1.54, 1.807) is 0 Å². The molecule has 0 N–H and O–H groups in total. The van der Waals surface area contributed by atoms with Crippen LogP contribution in [0.4, 0.5) is 0 Å². The summed E-state index contributed by atoms with van der Waals surface area (Å²) >= 11 is 0. The van der Waals surface area contributed by atoms with Crippen LogP contribution in [-0.4, -0.2) is 47.5 Å². The second kappa shape index (κ2) is 4.28. The Hall–Kier alpha value is -0.940. The third-order valence-corrected chi connectivity index (χ3v) is 5.09. The topological polar surface area (TPSA) is 60.4 Å². The molecule has 5 nitrogen and oxygen atoms in total. The van der Waals surface area contributed by atoms with Crippen LogP contribution in [-0.2, 0) is 9.59 Å². The zero-order valence-electron chi connectivity index (χ0n) is 11.6. The van der Waals surface area contributed by atoms with Gasteiger partial charge in [-0.05, 0) is 19.8 Å². The van der Waals surface area contributed by atoms with Gasteiger partial charge in [-0.1, -0.05) is 0 Å². The van der Waals surface area contributed by atoms with E-state index in [9.17, 15) is 14.8 Å². The summed E-state index contributed by atoms with van der Waals surface area (Å²) in [7, 11) is 0. The zero-order chi connectivity index (χ0) is 13.7. The first-order chi connectivity index (χ1) is 8.98. The lowest BCUT2D eigenvalue weighted by molar-refractivity contribution is -0.889. The molecule has 0 unspecified atom stereocenters. The lowest BCUT2D eigenvalue weighted by Gasteiger charge is -2.49. The van der Waals surface area contributed by atoms with Crippen LogP contribution in [0.2, 0.25) is 0 Å². The molecule has 2 heterocycles. The summed E-state index contributed by atoms with van der Waals surface area (Å²) in [6.45, 7) is 4.02. The highest BCUT2D eigenvalue weighted by atomic mass is 16.5. The van der Waals surface area contributed by atoms with E-state index in [0.717, 1.165) is 6.54 Å². The Bertz CT molecular complexity index is 409. The minimum atomic E-state index is -0.539. The Morgan fingerprint density at radius 3 is 2.42 bits per heavy atom. The molecular formula is C14H22N2O3. The van der Waals surface area contributed by atoms with E-state index in [0.29, 0.717) is 44.8 Å². The number of piperidine rings is 1. The maximum Gasteiger partial charge on any atom is 0.236 e. The monoisotopic (exact) mass is 266 g/mol. The van der Waals surface area contributed by atoms with Gasteiger partial charge in [0.05, 0.1) is 25.0 Å². The summed E-state index contributed by atoms with van der Waals surface area (Å²) < 4.78 is -0.139. The molecule has 19 heavy (non-hydrogen) atoms. The first-order valence-electron chi connectivity index (χ1n) is 7.40. The molecule has 3 aliphatic rings. The van der Waals surface area contributed by atoms with Crippen LogP contribution in [0, 0.1) is 16.5 Å². The first-order valence-corrected chi connectivity index (χ1v) is 7.40. The van der Waals surface area contributed by atoms with Crippen molar-refractivity contribution in [3.8, 4) is 0 Å². The molecule has 0 bridgehead atoms. The Balaban J connectivity index is 1.69. The molecule has 106 valence electrons. The molecule has 3 fully saturated rings. The number of amides is 2. The van der Waals surface area contributed by atoms with E-state index < -0.39 is 5.41 Å². The third kappa shape index (κ3) is 2.19. The average Bonchev–Trinajstić information content (AvgIpc) is 3.13. The van der Waals surface area contributed by atoms with Crippen LogP contribution in [0.1, 0.15) is 39.0 Å². The number of carbonyl (C=O) groups is 2. The first kappa shape index (κ1) is 13.1. The summed E-state index contributed by atoms with van der Waals surface area (Å²) in [5.41, 5.74) is -0.539. The Morgan fingerprint density at radius 1 is 1.32 bits per heavy atom. The summed E-state index contributed by atoms with van der Waals surface area (Å²) in [6, 6.07) is 0. The standard InChI is InChI=1S/C14H22N2O3/c1-2-15-12(17)9-14(13(15)18)5-7-16(19,8-6-14)10-11-3-4-11/h11H,2-10H2,1H3. The maximum absolute atomic E-state index is 12.6. The second-order valence-corrected chi connectivity index (χ2v) is 6.53. The van der Waals surface area contributed by atoms with Crippen molar-refractivity contribution in [3.63, 3.8) is 0 Å². The highest BCUT2D eigenvalue weighted by Gasteiger charge is 2.54. The molecule has 2 aliphatic heterocycles. The van der Waals surface area contributed by atoms with Gasteiger partial charge >= 0.3 is 0 Å². The molecule has 1 aliphatic carbocycles. The van der Waals surface area contributed by atoms with Gasteiger partial charge in [-0.3, -0.25) is 14.5 Å². The zero-order valence-corrected chi connectivity index (χ0v) is 11.6. The van der Waals surface area contributed by atoms with E-state index in [-0.39, 0.29) is 16.5 Å². The molecule has 2 amide bonds. The van der Waals surface area contributed by atoms with E-state index in [1.807, 2.05) is 6.92 Å². The Kier molecular flexibility index (Phi) is 2.94. The van der Waals surface area contributed by atoms with Crippen molar-refractivity contribution in [1.29, 1.82) is 0 Å². The van der Waals surface area contributed by atoms with Gasteiger partial charge in [0, 0.05) is 31.7 Å². The van der Waals surface area contributed by atoms with E-state index in [1.165, 1.54) is 17.7 Å². The largest absolute Gasteiger partial charge is 0.633 e. The molecule has 5 heteroatoms. The molecule has 0 aromatic rings. The second-order valence-electron chi connectivity index (χ2n) is 6.53. The highest BCUT2D eigenvalue weighted by Crippen LogP contribution is 2.44. The number of nitrogens with zero attached hydrogens (tertiary/aromatic N) is 2. The van der Waals surface area contributed by atoms with Crippen LogP contribution in [0.5, 0.6) is 0 Å². The van der Waals surface area contributed by atoms with Gasteiger partial charge in [-0.15, -0.1) is 0 Å². The van der Waals surface area contributed by atoms with Crippen molar-refractivity contribution in [1.82, 2.24) is 4.90 Å². The van der Waals surface area contributed by atoms with Crippen molar-refractivity contribution in [2.24, 2.45) is 11.3 Å². The summed E-state index contributed by atoms with van der Waals surface area (Å²) in [4.78, 5) is 25.6. The van der Waals surface area contributed by atoms with Crippen molar-refractivity contribution in [2.45, 2.75) is 39.0 Å². The Morgan fingerprint density at radius 2 is 1.95 bits per heavy atom. The number of hydrogen-bond donors (Lipinski definition) is 0. The van der Waals surface area contributed by atoms with Crippen molar-refractivity contribution >= 4 is 11.8 Å². The van der Waals surface area contributed by atoms with Crippen LogP contribution in [0.15, 0.2) is 0 Å². The van der Waals surface area contributed by atoms with Gasteiger partial charge in [-0.25, -0.2) is 0 Å². The quantitative estimate of drug-likeness (QED) is 0.439. The fraction of sp³-hybridized carbons (Fsp3) is 0.857. The number of likely N-dealkylation sites (tertiary alicyclic amines) is 2. The smallest absolute Gasteiger partial charge is 0.236 e. The molecule has 1 saturated carbocycles. The molecule has 2 saturated heterocycles. The lowest BCUT2D eigenvalue weighted by Crippen LogP contribution is -2.54. The number of hydroxylamine groups is 3. The third-order valence-electron chi connectivity index (χ3n) is 5.09. The van der Waals surface area contributed by atoms with E-state index in [4.69, 9.17) is 0 Å². The minimum absolute atomic E-state index is 0.0299. The number of carbonyl (C=O) groups excluding carboxylic acids is 2. The van der Waals surface area contributed by atoms with E-state index >= 15 is 0 Å². The molecule has 0 aromatic carbocycles. The molecule has 1 spiro atoms. The van der Waals surface area contributed by atoms with Gasteiger partial charge in [0.25, 0.3) is 0 Å². The van der Waals surface area contributed by atoms with Crippen LogP contribution in [0.3, 0.4) is 0 Å². The number of imide groups is 1. The van der Waals surface area contributed by atoms with Gasteiger partial charge < -0.3 is 9.85 Å². The van der Waals surface area contributed by atoms with E-state index in [2.05, 4.69) is 0 Å². The number of quaternary nitrogens is 1. The SMILES string of the molecule is CCN1C(=O)CC2(CC[N+]([O-])(CC3CC3)CC2)C1=O. The van der Waals surface area contributed by atoms with Crippen LogP contribution < -0.4 is 0 Å². The lowest BCUT2D eigenvalue weighted by atomic mass is 9.76. The molecule has 3 rings (SSSR count). The number of hydrogen-bond acceptors (Lipinski definition) is 3. The molecule has 0 atom stereocenters. The van der Waals surface area contributed by atoms with Gasteiger partial charge in [0.15, 0.2) is 0 Å². The Labute approximate surface area is 113 Å². The highest BCUT2D eigenvalue weighted by molar-refractivity contribution is 6.05.